The van der Waals surface area contributed by atoms with Crippen LogP contribution in [0.4, 0.5) is 0 Å². The van der Waals surface area contributed by atoms with Crippen LogP contribution in [0.15, 0.2) is 18.3 Å². The van der Waals surface area contributed by atoms with Crippen molar-refractivity contribution in [3.05, 3.63) is 29.6 Å². The molecule has 64 valence electrons. The normalized spacial score (nSPS) is 22.9. The first-order valence-electron chi connectivity index (χ1n) is 4.57. The van der Waals surface area contributed by atoms with Crippen molar-refractivity contribution in [2.45, 2.75) is 31.7 Å². The Morgan fingerprint density at radius 3 is 3.25 bits per heavy atom. The Balaban J connectivity index is 2.39. The molecule has 12 heavy (non-hydrogen) atoms. The summed E-state index contributed by atoms with van der Waals surface area (Å²) in [5.41, 5.74) is 8.45. The molecule has 0 aliphatic heterocycles. The van der Waals surface area contributed by atoms with E-state index in [1.807, 2.05) is 12.3 Å². The molecular formula is C10H14N2. The van der Waals surface area contributed by atoms with Gasteiger partial charge in [-0.15, -0.1) is 0 Å². The minimum atomic E-state index is 0.170. The monoisotopic (exact) mass is 162 g/mol. The average molecular weight is 162 g/mol. The first-order chi connectivity index (χ1) is 5.88. The van der Waals surface area contributed by atoms with Crippen molar-refractivity contribution in [3.8, 4) is 0 Å². The van der Waals surface area contributed by atoms with Gasteiger partial charge in [-0.1, -0.05) is 12.5 Å². The van der Waals surface area contributed by atoms with E-state index in [-0.39, 0.29) is 6.04 Å². The smallest absolute Gasteiger partial charge is 0.0602 e. The van der Waals surface area contributed by atoms with Crippen molar-refractivity contribution in [2.24, 2.45) is 5.73 Å². The highest BCUT2D eigenvalue weighted by Gasteiger charge is 2.14. The lowest BCUT2D eigenvalue weighted by molar-refractivity contribution is 0.605. The van der Waals surface area contributed by atoms with Crippen LogP contribution in [0.1, 0.15) is 36.6 Å². The molecule has 1 atom stereocenters. The predicted octanol–water partition coefficient (Wildman–Crippen LogP) is 1.81. The molecule has 1 aliphatic carbocycles. The third-order valence-corrected chi connectivity index (χ3v) is 2.49. The van der Waals surface area contributed by atoms with Gasteiger partial charge < -0.3 is 5.73 Å². The molecule has 0 bridgehead atoms. The zero-order chi connectivity index (χ0) is 8.39. The van der Waals surface area contributed by atoms with E-state index in [0.29, 0.717) is 0 Å². The number of hydrogen-bond donors (Lipinski definition) is 1. The quantitative estimate of drug-likeness (QED) is 0.591. The number of nitrogens with two attached hydrogens (primary N) is 1. The van der Waals surface area contributed by atoms with Gasteiger partial charge in [-0.3, -0.25) is 4.98 Å². The summed E-state index contributed by atoms with van der Waals surface area (Å²) in [5.74, 6) is 0. The van der Waals surface area contributed by atoms with Crippen molar-refractivity contribution < 1.29 is 0 Å². The fraction of sp³-hybridized carbons (Fsp3) is 0.500. The van der Waals surface area contributed by atoms with E-state index in [1.165, 1.54) is 18.4 Å². The highest BCUT2D eigenvalue weighted by atomic mass is 14.8. The van der Waals surface area contributed by atoms with E-state index in [1.54, 1.807) is 0 Å². The first-order valence-corrected chi connectivity index (χ1v) is 4.57. The Kier molecular flexibility index (Phi) is 2.09. The number of aryl methyl sites for hydroxylation is 1. The molecule has 2 heteroatoms. The summed E-state index contributed by atoms with van der Waals surface area (Å²) >= 11 is 0. The Labute approximate surface area is 72.8 Å². The maximum atomic E-state index is 5.98. The van der Waals surface area contributed by atoms with Crippen LogP contribution in [0.3, 0.4) is 0 Å². The predicted molar refractivity (Wildman–Crippen MR) is 48.7 cm³/mol. The minimum absolute atomic E-state index is 0.170. The van der Waals surface area contributed by atoms with Gasteiger partial charge in [0.15, 0.2) is 0 Å². The molecule has 0 unspecified atom stereocenters. The van der Waals surface area contributed by atoms with Crippen LogP contribution in [0, 0.1) is 0 Å². The SMILES string of the molecule is N[C@H]1CCCCc2cccnc21. The van der Waals surface area contributed by atoms with Gasteiger partial charge in [0.05, 0.1) is 5.69 Å². The van der Waals surface area contributed by atoms with Gasteiger partial charge in [0.1, 0.15) is 0 Å². The van der Waals surface area contributed by atoms with Gasteiger partial charge >= 0.3 is 0 Å². The van der Waals surface area contributed by atoms with Crippen molar-refractivity contribution >= 4 is 0 Å². The average Bonchev–Trinajstić information content (AvgIpc) is 2.29. The minimum Gasteiger partial charge on any atom is -0.323 e. The summed E-state index contributed by atoms with van der Waals surface area (Å²) in [6, 6.07) is 4.31. The summed E-state index contributed by atoms with van der Waals surface area (Å²) in [6.45, 7) is 0. The third kappa shape index (κ3) is 1.34. The zero-order valence-corrected chi connectivity index (χ0v) is 7.16. The van der Waals surface area contributed by atoms with Crippen molar-refractivity contribution in [2.75, 3.05) is 0 Å². The molecule has 1 aliphatic rings. The molecule has 0 amide bonds. The van der Waals surface area contributed by atoms with E-state index in [0.717, 1.165) is 18.5 Å². The van der Waals surface area contributed by atoms with Gasteiger partial charge in [-0.25, -0.2) is 0 Å². The van der Waals surface area contributed by atoms with Crippen LogP contribution in [0.25, 0.3) is 0 Å². The van der Waals surface area contributed by atoms with Crippen LogP contribution in [-0.2, 0) is 6.42 Å². The van der Waals surface area contributed by atoms with E-state index in [9.17, 15) is 0 Å². The zero-order valence-electron chi connectivity index (χ0n) is 7.16. The van der Waals surface area contributed by atoms with Crippen LogP contribution in [0.5, 0.6) is 0 Å². The standard InChI is InChI=1S/C10H14N2/c11-9-6-2-1-4-8-5-3-7-12-10(8)9/h3,5,7,9H,1-2,4,6,11H2/t9-/m0/s1. The summed E-state index contributed by atoms with van der Waals surface area (Å²) in [5, 5.41) is 0. The Bertz CT molecular complexity index is 270. The molecular weight excluding hydrogens is 148 g/mol. The first kappa shape index (κ1) is 7.74. The maximum Gasteiger partial charge on any atom is 0.0602 e. The van der Waals surface area contributed by atoms with Crippen LogP contribution in [0.2, 0.25) is 0 Å². The second kappa shape index (κ2) is 3.23. The lowest BCUT2D eigenvalue weighted by Gasteiger charge is -2.09. The summed E-state index contributed by atoms with van der Waals surface area (Å²) in [7, 11) is 0. The fourth-order valence-electron chi connectivity index (χ4n) is 1.81. The van der Waals surface area contributed by atoms with E-state index in [4.69, 9.17) is 5.73 Å². The number of fused-ring (bicyclic) bond motifs is 1. The van der Waals surface area contributed by atoms with Gasteiger partial charge in [0.25, 0.3) is 0 Å². The Morgan fingerprint density at radius 2 is 2.33 bits per heavy atom. The number of rotatable bonds is 0. The molecule has 1 aromatic rings. The van der Waals surface area contributed by atoms with Crippen molar-refractivity contribution in [1.82, 2.24) is 4.98 Å². The molecule has 2 rings (SSSR count). The molecule has 1 heterocycles. The lowest BCUT2D eigenvalue weighted by Crippen LogP contribution is -2.12. The molecule has 0 aromatic carbocycles. The molecule has 0 radical (unpaired) electrons. The molecule has 1 aromatic heterocycles. The molecule has 2 nitrogen and oxygen atoms in total. The highest BCUT2D eigenvalue weighted by Crippen LogP contribution is 2.24. The highest BCUT2D eigenvalue weighted by molar-refractivity contribution is 5.23. The topological polar surface area (TPSA) is 38.9 Å². The third-order valence-electron chi connectivity index (χ3n) is 2.49. The van der Waals surface area contributed by atoms with Crippen molar-refractivity contribution in [1.29, 1.82) is 0 Å². The van der Waals surface area contributed by atoms with Crippen LogP contribution < -0.4 is 5.73 Å². The second-order valence-electron chi connectivity index (χ2n) is 3.40. The van der Waals surface area contributed by atoms with Gasteiger partial charge in [-0.05, 0) is 30.9 Å². The molecule has 2 N–H and O–H groups in total. The lowest BCUT2D eigenvalue weighted by atomic mass is 10.1. The Morgan fingerprint density at radius 1 is 1.42 bits per heavy atom. The van der Waals surface area contributed by atoms with E-state index >= 15 is 0 Å². The fourth-order valence-corrected chi connectivity index (χ4v) is 1.81. The van der Waals surface area contributed by atoms with E-state index in [2.05, 4.69) is 11.1 Å². The molecule has 0 saturated carbocycles. The van der Waals surface area contributed by atoms with E-state index < -0.39 is 0 Å². The molecule has 0 spiro atoms. The largest absolute Gasteiger partial charge is 0.323 e. The van der Waals surface area contributed by atoms with Crippen LogP contribution >= 0.6 is 0 Å². The Hall–Kier alpha value is -0.890. The summed E-state index contributed by atoms with van der Waals surface area (Å²) in [4.78, 5) is 4.34. The molecule has 0 saturated heterocycles. The number of nitrogens with zero attached hydrogens (tertiary/aromatic N) is 1. The molecule has 0 fully saturated rings. The summed E-state index contributed by atoms with van der Waals surface area (Å²) in [6.07, 6.45) is 6.56. The second-order valence-corrected chi connectivity index (χ2v) is 3.40. The maximum absolute atomic E-state index is 5.98. The summed E-state index contributed by atoms with van der Waals surface area (Å²) < 4.78 is 0. The van der Waals surface area contributed by atoms with Gasteiger partial charge in [0, 0.05) is 12.2 Å². The number of aromatic nitrogens is 1. The number of hydrogen-bond acceptors (Lipinski definition) is 2. The van der Waals surface area contributed by atoms with Crippen molar-refractivity contribution in [3.63, 3.8) is 0 Å². The van der Waals surface area contributed by atoms with Gasteiger partial charge in [0.2, 0.25) is 0 Å². The van der Waals surface area contributed by atoms with Gasteiger partial charge in [-0.2, -0.15) is 0 Å². The number of pyridine rings is 1. The van der Waals surface area contributed by atoms with Crippen LogP contribution in [-0.4, -0.2) is 4.98 Å².